The van der Waals surface area contributed by atoms with E-state index in [1.54, 1.807) is 38.1 Å². The highest BCUT2D eigenvalue weighted by Crippen LogP contribution is 2.28. The van der Waals surface area contributed by atoms with E-state index in [0.717, 1.165) is 0 Å². The summed E-state index contributed by atoms with van der Waals surface area (Å²) in [6.45, 7) is 3.78. The van der Waals surface area contributed by atoms with Crippen LogP contribution in [0.1, 0.15) is 28.6 Å². The first kappa shape index (κ1) is 18.5. The molecule has 2 heterocycles. The van der Waals surface area contributed by atoms with Gasteiger partial charge in [-0.05, 0) is 55.9 Å². The Labute approximate surface area is 160 Å². The number of nitrogens with one attached hydrogen (secondary N) is 1. The third kappa shape index (κ3) is 3.39. The van der Waals surface area contributed by atoms with E-state index in [-0.39, 0.29) is 16.2 Å². The first-order chi connectivity index (χ1) is 12.8. The maximum atomic E-state index is 12.4. The van der Waals surface area contributed by atoms with Crippen LogP contribution < -0.4 is 5.32 Å². The van der Waals surface area contributed by atoms with Crippen LogP contribution >= 0.6 is 12.2 Å². The number of carboxylic acids is 1. The molecular weight excluding hydrogens is 368 g/mol. The molecule has 138 valence electrons. The van der Waals surface area contributed by atoms with Gasteiger partial charge in [-0.2, -0.15) is 0 Å². The number of furan rings is 1. The van der Waals surface area contributed by atoms with Gasteiger partial charge in [0.1, 0.15) is 17.1 Å². The number of rotatable bonds is 4. The predicted octanol–water partition coefficient (Wildman–Crippen LogP) is 2.60. The third-order valence-electron chi connectivity index (χ3n) is 4.25. The Bertz CT molecular complexity index is 1010. The van der Waals surface area contributed by atoms with Crippen LogP contribution in [0.25, 0.3) is 17.4 Å². The van der Waals surface area contributed by atoms with Crippen molar-refractivity contribution in [2.75, 3.05) is 6.54 Å². The maximum Gasteiger partial charge on any atom is 0.335 e. The van der Waals surface area contributed by atoms with E-state index in [1.807, 2.05) is 0 Å². The summed E-state index contributed by atoms with van der Waals surface area (Å²) in [4.78, 5) is 37.1. The van der Waals surface area contributed by atoms with Crippen molar-refractivity contribution < 1.29 is 23.9 Å². The average molecular weight is 384 g/mol. The van der Waals surface area contributed by atoms with E-state index in [0.29, 0.717) is 29.2 Å². The summed E-state index contributed by atoms with van der Waals surface area (Å²) in [6, 6.07) is 8.16. The molecule has 0 spiro atoms. The Morgan fingerprint density at radius 2 is 2.04 bits per heavy atom. The van der Waals surface area contributed by atoms with Gasteiger partial charge in [-0.15, -0.1) is 0 Å². The molecule has 0 unspecified atom stereocenters. The van der Waals surface area contributed by atoms with Gasteiger partial charge < -0.3 is 9.52 Å². The van der Waals surface area contributed by atoms with Gasteiger partial charge in [0.05, 0.1) is 5.56 Å². The molecule has 0 radical (unpaired) electrons. The highest BCUT2D eigenvalue weighted by atomic mass is 32.1. The van der Waals surface area contributed by atoms with Crippen LogP contribution in [0.3, 0.4) is 0 Å². The fourth-order valence-corrected chi connectivity index (χ4v) is 3.14. The predicted molar refractivity (Wildman–Crippen MR) is 102 cm³/mol. The van der Waals surface area contributed by atoms with Gasteiger partial charge in [0.25, 0.3) is 11.8 Å². The van der Waals surface area contributed by atoms with Crippen molar-refractivity contribution in [3.05, 3.63) is 52.8 Å². The molecule has 1 saturated heterocycles. The summed E-state index contributed by atoms with van der Waals surface area (Å²) in [5, 5.41) is 11.8. The zero-order valence-corrected chi connectivity index (χ0v) is 15.4. The number of benzene rings is 1. The summed E-state index contributed by atoms with van der Waals surface area (Å²) in [5.41, 5.74) is 1.28. The quantitative estimate of drug-likeness (QED) is 0.478. The molecule has 2 amide bonds. The first-order valence-electron chi connectivity index (χ1n) is 8.15. The van der Waals surface area contributed by atoms with E-state index in [1.165, 1.54) is 17.0 Å². The monoisotopic (exact) mass is 384 g/mol. The molecular formula is C19H16N2O5S. The number of nitrogens with zero attached hydrogens (tertiary/aromatic N) is 1. The largest absolute Gasteiger partial charge is 0.478 e. The van der Waals surface area contributed by atoms with Crippen LogP contribution in [0.5, 0.6) is 0 Å². The van der Waals surface area contributed by atoms with Crippen LogP contribution in [0.4, 0.5) is 0 Å². The Balaban J connectivity index is 1.97. The van der Waals surface area contributed by atoms with Crippen molar-refractivity contribution in [2.45, 2.75) is 13.8 Å². The van der Waals surface area contributed by atoms with Gasteiger partial charge >= 0.3 is 5.97 Å². The fourth-order valence-electron chi connectivity index (χ4n) is 2.83. The van der Waals surface area contributed by atoms with E-state index in [4.69, 9.17) is 16.6 Å². The Morgan fingerprint density at radius 1 is 1.30 bits per heavy atom. The molecule has 8 heteroatoms. The minimum Gasteiger partial charge on any atom is -0.478 e. The van der Waals surface area contributed by atoms with Gasteiger partial charge in [-0.25, -0.2) is 4.79 Å². The molecule has 0 saturated carbocycles. The standard InChI is InChI=1S/C19H16N2O5S/c1-3-21-17(23)14(16(22)20-19(21)27)9-11-7-8-15(26-11)12-5-4-6-13(10(12)2)18(24)25/h4-9H,3H2,1-2H3,(H,24,25)(H,20,22,27)/b14-9+. The molecule has 1 aromatic carbocycles. The number of carbonyl (C=O) groups excluding carboxylic acids is 2. The molecule has 1 aliphatic rings. The minimum absolute atomic E-state index is 0.0749. The summed E-state index contributed by atoms with van der Waals surface area (Å²) >= 11 is 4.99. The highest BCUT2D eigenvalue weighted by molar-refractivity contribution is 7.80. The van der Waals surface area contributed by atoms with Gasteiger partial charge in [0.15, 0.2) is 5.11 Å². The number of hydrogen-bond donors (Lipinski definition) is 2. The summed E-state index contributed by atoms with van der Waals surface area (Å²) < 4.78 is 5.73. The molecule has 1 aromatic heterocycles. The molecule has 27 heavy (non-hydrogen) atoms. The summed E-state index contributed by atoms with van der Waals surface area (Å²) in [5.74, 6) is -1.37. The van der Waals surface area contributed by atoms with Crippen molar-refractivity contribution >= 4 is 41.2 Å². The number of aromatic carboxylic acids is 1. The SMILES string of the molecule is CCN1C(=O)/C(=C/c2ccc(-c3cccc(C(=O)O)c3C)o2)C(=O)NC1=S. The Hall–Kier alpha value is -3.26. The van der Waals surface area contributed by atoms with Crippen molar-refractivity contribution in [2.24, 2.45) is 0 Å². The lowest BCUT2D eigenvalue weighted by atomic mass is 10.0. The molecule has 0 aliphatic carbocycles. The molecule has 0 atom stereocenters. The van der Waals surface area contributed by atoms with Crippen molar-refractivity contribution in [1.82, 2.24) is 10.2 Å². The van der Waals surface area contributed by atoms with Crippen LogP contribution in [-0.2, 0) is 9.59 Å². The normalized spacial score (nSPS) is 16.0. The van der Waals surface area contributed by atoms with Crippen molar-refractivity contribution in [1.29, 1.82) is 0 Å². The van der Waals surface area contributed by atoms with E-state index < -0.39 is 17.8 Å². The lowest BCUT2D eigenvalue weighted by Gasteiger charge is -2.27. The van der Waals surface area contributed by atoms with Crippen LogP contribution in [-0.4, -0.2) is 39.4 Å². The lowest BCUT2D eigenvalue weighted by molar-refractivity contribution is -0.128. The zero-order valence-electron chi connectivity index (χ0n) is 14.6. The van der Waals surface area contributed by atoms with E-state index in [9.17, 15) is 19.5 Å². The van der Waals surface area contributed by atoms with Crippen molar-refractivity contribution in [3.63, 3.8) is 0 Å². The number of carbonyl (C=O) groups is 3. The Morgan fingerprint density at radius 3 is 2.70 bits per heavy atom. The number of thiocarbonyl (C=S) groups is 1. The minimum atomic E-state index is -1.02. The number of hydrogen-bond acceptors (Lipinski definition) is 5. The Kier molecular flexibility index (Phi) is 4.91. The molecule has 2 aromatic rings. The molecule has 7 nitrogen and oxygen atoms in total. The van der Waals surface area contributed by atoms with Crippen molar-refractivity contribution in [3.8, 4) is 11.3 Å². The number of likely N-dealkylation sites (N-methyl/N-ethyl adjacent to an activating group) is 1. The average Bonchev–Trinajstić information content (AvgIpc) is 3.07. The van der Waals surface area contributed by atoms with Gasteiger partial charge in [-0.3, -0.25) is 19.8 Å². The number of amides is 2. The van der Waals surface area contributed by atoms with Crippen LogP contribution in [0.15, 0.2) is 40.3 Å². The first-order valence-corrected chi connectivity index (χ1v) is 8.56. The zero-order chi connectivity index (χ0) is 19.7. The van der Waals surface area contributed by atoms with Gasteiger partial charge in [0.2, 0.25) is 0 Å². The molecule has 1 fully saturated rings. The topological polar surface area (TPSA) is 99.8 Å². The lowest BCUT2D eigenvalue weighted by Crippen LogP contribution is -2.53. The van der Waals surface area contributed by atoms with Gasteiger partial charge in [-0.1, -0.05) is 12.1 Å². The highest BCUT2D eigenvalue weighted by Gasteiger charge is 2.32. The van der Waals surface area contributed by atoms with E-state index in [2.05, 4.69) is 5.32 Å². The summed E-state index contributed by atoms with van der Waals surface area (Å²) in [7, 11) is 0. The second-order valence-corrected chi connectivity index (χ2v) is 6.24. The van der Waals surface area contributed by atoms with Gasteiger partial charge in [0, 0.05) is 12.1 Å². The second kappa shape index (κ2) is 7.16. The second-order valence-electron chi connectivity index (χ2n) is 5.85. The van der Waals surface area contributed by atoms with E-state index >= 15 is 0 Å². The fraction of sp³-hybridized carbons (Fsp3) is 0.158. The maximum absolute atomic E-state index is 12.4. The molecule has 1 aliphatic heterocycles. The van der Waals surface area contributed by atoms with Crippen LogP contribution in [0.2, 0.25) is 0 Å². The smallest absolute Gasteiger partial charge is 0.335 e. The summed E-state index contributed by atoms with van der Waals surface area (Å²) in [6.07, 6.45) is 1.35. The third-order valence-corrected chi connectivity index (χ3v) is 4.57. The molecule has 3 rings (SSSR count). The van der Waals surface area contributed by atoms with Crippen LogP contribution in [0, 0.1) is 6.92 Å². The molecule has 2 N–H and O–H groups in total. The molecule has 0 bridgehead atoms. The number of carboxylic acid groups (broad SMARTS) is 1.